The van der Waals surface area contributed by atoms with Crippen LogP contribution in [0.5, 0.6) is 0 Å². The van der Waals surface area contributed by atoms with Crippen LogP contribution in [0.1, 0.15) is 418 Å². The molecule has 0 heterocycles. The van der Waals surface area contributed by atoms with E-state index in [1.54, 1.807) is 0 Å². The van der Waals surface area contributed by atoms with Crippen molar-refractivity contribution in [3.63, 3.8) is 0 Å². The van der Waals surface area contributed by atoms with E-state index in [4.69, 9.17) is 4.74 Å². The highest BCUT2D eigenvalue weighted by Gasteiger charge is 2.20. The van der Waals surface area contributed by atoms with Crippen LogP contribution in [-0.2, 0) is 14.3 Å². The number of hydrogen-bond donors (Lipinski definition) is 3. The van der Waals surface area contributed by atoms with Gasteiger partial charge in [-0.25, -0.2) is 0 Å². The van der Waals surface area contributed by atoms with E-state index in [1.165, 1.54) is 334 Å². The predicted octanol–water partition coefficient (Wildman–Crippen LogP) is 24.7. The summed E-state index contributed by atoms with van der Waals surface area (Å²) in [5.74, 6) is -0.0169. The molecule has 2 atom stereocenters. The standard InChI is InChI=1S/C77H147NO5/c1-3-5-7-9-11-13-15-17-19-21-34-39-43-47-51-55-59-63-67-71-77(82)83-72-68-64-60-56-52-48-44-40-36-33-31-29-27-25-23-24-26-28-30-32-35-38-42-46-50-54-58-62-66-70-76(81)78-74(73-79)75(80)69-65-61-57-53-49-45-41-37-22-20-18-16-14-12-10-8-6-4-2/h11,13,17,19,23,25,74-75,79-80H,3-10,12,14-16,18,20-22,24,26-73H2,1-2H3,(H,78,81)/b13-11-,19-17-,25-23-. The molecule has 2 unspecified atom stereocenters. The van der Waals surface area contributed by atoms with E-state index in [0.717, 1.165) is 51.4 Å². The second kappa shape index (κ2) is 72.6. The van der Waals surface area contributed by atoms with Crippen molar-refractivity contribution < 1.29 is 24.5 Å². The van der Waals surface area contributed by atoms with Crippen LogP contribution in [0.25, 0.3) is 0 Å². The maximum absolute atomic E-state index is 12.5. The number of carbonyl (C=O) groups excluding carboxylic acids is 2. The number of nitrogens with one attached hydrogen (secondary N) is 1. The molecule has 0 rings (SSSR count). The SMILES string of the molecule is CCCCC/C=C\C/C=C\CCCCCCCCCCCC(=O)OCCCCCCCCCCCCCC/C=C\CCCCCCCCCCCCCCCC(=O)NC(CO)C(O)CCCCCCCCCCCCCCCCCCCC. The number of unbranched alkanes of at least 4 members (excludes halogenated alkanes) is 54. The van der Waals surface area contributed by atoms with E-state index in [2.05, 4.69) is 55.6 Å². The number of ether oxygens (including phenoxy) is 1. The molecule has 0 saturated carbocycles. The van der Waals surface area contributed by atoms with Crippen molar-refractivity contribution in [1.29, 1.82) is 0 Å². The summed E-state index contributed by atoms with van der Waals surface area (Å²) in [4.78, 5) is 24.7. The third kappa shape index (κ3) is 69.1. The molecule has 0 spiro atoms. The van der Waals surface area contributed by atoms with Gasteiger partial charge in [0.2, 0.25) is 5.91 Å². The first kappa shape index (κ1) is 81.1. The fourth-order valence-electron chi connectivity index (χ4n) is 11.9. The Balaban J connectivity index is 3.36. The van der Waals surface area contributed by atoms with Gasteiger partial charge in [0, 0.05) is 12.8 Å². The van der Waals surface area contributed by atoms with Crippen molar-refractivity contribution in [2.75, 3.05) is 13.2 Å². The Morgan fingerprint density at radius 2 is 0.602 bits per heavy atom. The van der Waals surface area contributed by atoms with E-state index in [0.29, 0.717) is 25.9 Å². The number of rotatable bonds is 71. The molecule has 0 aliphatic rings. The molecule has 0 saturated heterocycles. The van der Waals surface area contributed by atoms with Gasteiger partial charge in [-0.2, -0.15) is 0 Å². The summed E-state index contributed by atoms with van der Waals surface area (Å²) in [5.41, 5.74) is 0. The Labute approximate surface area is 519 Å². The van der Waals surface area contributed by atoms with Gasteiger partial charge in [-0.05, 0) is 83.5 Å². The van der Waals surface area contributed by atoms with E-state index in [1.807, 2.05) is 0 Å². The van der Waals surface area contributed by atoms with Crippen molar-refractivity contribution in [3.05, 3.63) is 36.5 Å². The Morgan fingerprint density at radius 1 is 0.337 bits per heavy atom. The van der Waals surface area contributed by atoms with Crippen molar-refractivity contribution in [3.8, 4) is 0 Å². The van der Waals surface area contributed by atoms with Crippen LogP contribution in [0.3, 0.4) is 0 Å². The van der Waals surface area contributed by atoms with E-state index < -0.39 is 12.1 Å². The molecule has 0 aliphatic heterocycles. The van der Waals surface area contributed by atoms with Crippen molar-refractivity contribution >= 4 is 11.9 Å². The zero-order chi connectivity index (χ0) is 59.9. The van der Waals surface area contributed by atoms with Gasteiger partial charge in [-0.3, -0.25) is 9.59 Å². The third-order valence-corrected chi connectivity index (χ3v) is 17.7. The third-order valence-electron chi connectivity index (χ3n) is 17.7. The maximum Gasteiger partial charge on any atom is 0.305 e. The highest BCUT2D eigenvalue weighted by atomic mass is 16.5. The molecule has 0 aromatic heterocycles. The van der Waals surface area contributed by atoms with Gasteiger partial charge in [0.05, 0.1) is 25.4 Å². The minimum absolute atomic E-state index is 0.0134. The molecule has 0 aromatic rings. The number of allylic oxidation sites excluding steroid dienone is 6. The van der Waals surface area contributed by atoms with Crippen LogP contribution < -0.4 is 5.32 Å². The molecule has 0 bridgehead atoms. The van der Waals surface area contributed by atoms with Crippen LogP contribution in [0.2, 0.25) is 0 Å². The lowest BCUT2D eigenvalue weighted by atomic mass is 10.0. The molecule has 0 aliphatic carbocycles. The lowest BCUT2D eigenvalue weighted by Crippen LogP contribution is -2.45. The zero-order valence-electron chi connectivity index (χ0n) is 56.2. The molecule has 6 nitrogen and oxygen atoms in total. The lowest BCUT2D eigenvalue weighted by molar-refractivity contribution is -0.143. The van der Waals surface area contributed by atoms with Crippen LogP contribution >= 0.6 is 0 Å². The summed E-state index contributed by atoms with van der Waals surface area (Å²) in [6.07, 6.45) is 93.5. The number of carbonyl (C=O) groups is 2. The van der Waals surface area contributed by atoms with Gasteiger partial charge >= 0.3 is 5.97 Å². The van der Waals surface area contributed by atoms with Gasteiger partial charge in [0.15, 0.2) is 0 Å². The van der Waals surface area contributed by atoms with Gasteiger partial charge in [0.1, 0.15) is 0 Å². The minimum Gasteiger partial charge on any atom is -0.466 e. The second-order valence-electron chi connectivity index (χ2n) is 26.0. The summed E-state index contributed by atoms with van der Waals surface area (Å²) in [6, 6.07) is -0.542. The van der Waals surface area contributed by atoms with Gasteiger partial charge in [-0.1, -0.05) is 359 Å². The molecule has 6 heteroatoms. The molecule has 0 radical (unpaired) electrons. The topological polar surface area (TPSA) is 95.9 Å². The molecular formula is C77H147NO5. The summed E-state index contributed by atoms with van der Waals surface area (Å²) >= 11 is 0. The van der Waals surface area contributed by atoms with Crippen molar-refractivity contribution in [1.82, 2.24) is 5.32 Å². The Hall–Kier alpha value is -1.92. The van der Waals surface area contributed by atoms with E-state index in [9.17, 15) is 19.8 Å². The number of aliphatic hydroxyl groups excluding tert-OH is 2. The number of esters is 1. The molecule has 490 valence electrons. The average Bonchev–Trinajstić information content (AvgIpc) is 3.49. The summed E-state index contributed by atoms with van der Waals surface area (Å²) in [5, 5.41) is 23.4. The molecular weight excluding hydrogens is 1020 g/mol. The number of aliphatic hydroxyl groups is 2. The largest absolute Gasteiger partial charge is 0.466 e. The molecule has 0 fully saturated rings. The van der Waals surface area contributed by atoms with E-state index >= 15 is 0 Å². The fourth-order valence-corrected chi connectivity index (χ4v) is 11.9. The molecule has 3 N–H and O–H groups in total. The quantitative estimate of drug-likeness (QED) is 0.0320. The summed E-state index contributed by atoms with van der Waals surface area (Å²) in [6.45, 7) is 4.97. The van der Waals surface area contributed by atoms with Gasteiger partial charge in [0.25, 0.3) is 0 Å². The van der Waals surface area contributed by atoms with Crippen LogP contribution in [-0.4, -0.2) is 47.4 Å². The Bertz CT molecular complexity index is 1340. The van der Waals surface area contributed by atoms with Crippen LogP contribution in [0.15, 0.2) is 36.5 Å². The average molecular weight is 1170 g/mol. The van der Waals surface area contributed by atoms with Crippen LogP contribution in [0, 0.1) is 0 Å². The first-order valence-corrected chi connectivity index (χ1v) is 37.7. The minimum atomic E-state index is -0.664. The van der Waals surface area contributed by atoms with Crippen molar-refractivity contribution in [2.45, 2.75) is 431 Å². The Kier molecular flexibility index (Phi) is 70.9. The Morgan fingerprint density at radius 3 is 0.952 bits per heavy atom. The molecule has 1 amide bonds. The monoisotopic (exact) mass is 1170 g/mol. The fraction of sp³-hybridized carbons (Fsp3) is 0.896. The van der Waals surface area contributed by atoms with Gasteiger partial charge < -0.3 is 20.3 Å². The maximum atomic E-state index is 12.5. The normalized spacial score (nSPS) is 12.7. The van der Waals surface area contributed by atoms with Crippen LogP contribution in [0.4, 0.5) is 0 Å². The predicted molar refractivity (Wildman–Crippen MR) is 366 cm³/mol. The first-order chi connectivity index (χ1) is 41.0. The second-order valence-corrected chi connectivity index (χ2v) is 26.0. The molecule has 0 aromatic carbocycles. The summed E-state index contributed by atoms with van der Waals surface area (Å²) < 4.78 is 5.51. The highest BCUT2D eigenvalue weighted by molar-refractivity contribution is 5.76. The summed E-state index contributed by atoms with van der Waals surface area (Å²) in [7, 11) is 0. The van der Waals surface area contributed by atoms with E-state index in [-0.39, 0.29) is 18.5 Å². The lowest BCUT2D eigenvalue weighted by Gasteiger charge is -2.22. The zero-order valence-corrected chi connectivity index (χ0v) is 56.2. The van der Waals surface area contributed by atoms with Gasteiger partial charge in [-0.15, -0.1) is 0 Å². The molecule has 83 heavy (non-hydrogen) atoms. The highest BCUT2D eigenvalue weighted by Crippen LogP contribution is 2.19. The smallest absolute Gasteiger partial charge is 0.305 e. The van der Waals surface area contributed by atoms with Crippen molar-refractivity contribution in [2.24, 2.45) is 0 Å². The first-order valence-electron chi connectivity index (χ1n) is 37.7. The number of hydrogen-bond acceptors (Lipinski definition) is 5. The number of amides is 1.